The molecule has 2 aromatic heterocycles. The lowest BCUT2D eigenvalue weighted by atomic mass is 10.0. The van der Waals surface area contributed by atoms with Gasteiger partial charge in [0.15, 0.2) is 5.65 Å². The van der Waals surface area contributed by atoms with Crippen LogP contribution in [0.1, 0.15) is 22.5 Å². The van der Waals surface area contributed by atoms with E-state index in [9.17, 15) is 0 Å². The molecule has 0 saturated heterocycles. The van der Waals surface area contributed by atoms with Crippen molar-refractivity contribution in [1.29, 1.82) is 0 Å². The molecule has 0 unspecified atom stereocenters. The third kappa shape index (κ3) is 3.47. The maximum Gasteiger partial charge on any atom is 0.151 e. The number of hydrogen-bond donors (Lipinski definition) is 1. The molecule has 4 aromatic rings. The minimum Gasteiger partial charge on any atom is -0.368 e. The molecule has 0 aliphatic carbocycles. The maximum absolute atomic E-state index is 4.90. The van der Waals surface area contributed by atoms with Gasteiger partial charge in [-0.3, -0.25) is 4.57 Å². The first-order valence-electron chi connectivity index (χ1n) is 10.1. The van der Waals surface area contributed by atoms with Crippen LogP contribution >= 0.6 is 0 Å². The summed E-state index contributed by atoms with van der Waals surface area (Å²) in [6.07, 6.45) is 0. The van der Waals surface area contributed by atoms with Gasteiger partial charge in [0.1, 0.15) is 11.6 Å². The van der Waals surface area contributed by atoms with E-state index < -0.39 is 0 Å². The average Bonchev–Trinajstić information content (AvgIpc) is 2.95. The van der Waals surface area contributed by atoms with Gasteiger partial charge in [0.25, 0.3) is 0 Å². The third-order valence-electron chi connectivity index (χ3n) is 5.34. The number of likely N-dealkylation sites (N-methyl/N-ethyl adjacent to an activating group) is 1. The Morgan fingerprint density at radius 3 is 2.34 bits per heavy atom. The largest absolute Gasteiger partial charge is 0.368 e. The van der Waals surface area contributed by atoms with E-state index in [0.29, 0.717) is 0 Å². The van der Waals surface area contributed by atoms with Crippen LogP contribution in [0.15, 0.2) is 36.4 Å². The third-order valence-corrected chi connectivity index (χ3v) is 5.34. The fourth-order valence-corrected chi connectivity index (χ4v) is 4.24. The monoisotopic (exact) mass is 387 g/mol. The van der Waals surface area contributed by atoms with Gasteiger partial charge in [-0.2, -0.15) is 0 Å². The first-order valence-corrected chi connectivity index (χ1v) is 10.1. The lowest BCUT2D eigenvalue weighted by Crippen LogP contribution is -2.21. The zero-order valence-corrected chi connectivity index (χ0v) is 18.2. The quantitative estimate of drug-likeness (QED) is 0.535. The van der Waals surface area contributed by atoms with E-state index in [4.69, 9.17) is 9.97 Å². The molecule has 0 spiro atoms. The number of anilines is 1. The highest BCUT2D eigenvalue weighted by Gasteiger charge is 2.20. The zero-order valence-electron chi connectivity index (χ0n) is 18.2. The first kappa shape index (κ1) is 19.4. The Labute approximate surface area is 172 Å². The van der Waals surface area contributed by atoms with Crippen molar-refractivity contribution in [2.75, 3.05) is 32.5 Å². The summed E-state index contributed by atoms with van der Waals surface area (Å²) < 4.78 is 2.31. The molecule has 0 atom stereocenters. The van der Waals surface area contributed by atoms with Gasteiger partial charge in [0.05, 0.1) is 16.6 Å². The molecule has 2 heterocycles. The van der Waals surface area contributed by atoms with Gasteiger partial charge in [-0.25, -0.2) is 9.97 Å². The van der Waals surface area contributed by atoms with Gasteiger partial charge in [0, 0.05) is 18.5 Å². The van der Waals surface area contributed by atoms with Gasteiger partial charge in [-0.1, -0.05) is 35.9 Å². The number of para-hydroxylation sites is 1. The van der Waals surface area contributed by atoms with Crippen molar-refractivity contribution in [1.82, 2.24) is 19.4 Å². The molecule has 0 bridgehead atoms. The summed E-state index contributed by atoms with van der Waals surface area (Å²) in [5.41, 5.74) is 7.11. The summed E-state index contributed by atoms with van der Waals surface area (Å²) in [5, 5.41) is 5.81. The molecule has 1 N–H and O–H groups in total. The molecule has 4 rings (SSSR count). The molecule has 0 amide bonds. The van der Waals surface area contributed by atoms with Crippen LogP contribution in [0.3, 0.4) is 0 Å². The predicted octanol–water partition coefficient (Wildman–Crippen LogP) is 4.78. The van der Waals surface area contributed by atoms with E-state index in [0.717, 1.165) is 41.3 Å². The van der Waals surface area contributed by atoms with E-state index in [1.165, 1.54) is 27.8 Å². The molecule has 0 aliphatic rings. The van der Waals surface area contributed by atoms with Crippen LogP contribution in [0.5, 0.6) is 0 Å². The second-order valence-electron chi connectivity index (χ2n) is 8.15. The van der Waals surface area contributed by atoms with Gasteiger partial charge in [-0.15, -0.1) is 0 Å². The molecule has 0 fully saturated rings. The second-order valence-corrected chi connectivity index (χ2v) is 8.15. The summed E-state index contributed by atoms with van der Waals surface area (Å²) >= 11 is 0. The Hall–Kier alpha value is -2.92. The van der Waals surface area contributed by atoms with Crippen LogP contribution in [-0.4, -0.2) is 46.6 Å². The Balaban J connectivity index is 2.04. The Morgan fingerprint density at radius 1 is 0.966 bits per heavy atom. The molecule has 5 heteroatoms. The molecule has 2 aromatic carbocycles. The molecule has 0 saturated carbocycles. The summed E-state index contributed by atoms with van der Waals surface area (Å²) in [4.78, 5) is 11.8. The van der Waals surface area contributed by atoms with Crippen LogP contribution in [0, 0.1) is 27.7 Å². The van der Waals surface area contributed by atoms with Gasteiger partial charge in [-0.05, 0) is 59.0 Å². The normalized spacial score (nSPS) is 11.7. The van der Waals surface area contributed by atoms with Crippen molar-refractivity contribution in [3.8, 4) is 5.69 Å². The minimum atomic E-state index is 0.774. The van der Waals surface area contributed by atoms with Crippen LogP contribution in [0.4, 0.5) is 5.82 Å². The summed E-state index contributed by atoms with van der Waals surface area (Å²) in [5.74, 6) is 1.68. The number of fused-ring (bicyclic) bond motifs is 3. The van der Waals surface area contributed by atoms with Crippen LogP contribution in [0.2, 0.25) is 0 Å². The lowest BCUT2D eigenvalue weighted by Gasteiger charge is -2.15. The minimum absolute atomic E-state index is 0.774. The molecule has 29 heavy (non-hydrogen) atoms. The fourth-order valence-electron chi connectivity index (χ4n) is 4.24. The van der Waals surface area contributed by atoms with Gasteiger partial charge in [0.2, 0.25) is 0 Å². The number of rotatable bonds is 5. The summed E-state index contributed by atoms with van der Waals surface area (Å²) in [7, 11) is 4.16. The van der Waals surface area contributed by atoms with Crippen LogP contribution in [0.25, 0.3) is 27.6 Å². The molecule has 150 valence electrons. The highest BCUT2D eigenvalue weighted by molar-refractivity contribution is 6.13. The highest BCUT2D eigenvalue weighted by Crippen LogP contribution is 2.36. The van der Waals surface area contributed by atoms with Gasteiger partial charge >= 0.3 is 0 Å². The summed E-state index contributed by atoms with van der Waals surface area (Å²) in [6.45, 7) is 10.3. The van der Waals surface area contributed by atoms with Crippen LogP contribution in [-0.2, 0) is 0 Å². The van der Waals surface area contributed by atoms with Crippen molar-refractivity contribution >= 4 is 27.8 Å². The topological polar surface area (TPSA) is 46.0 Å². The molecule has 0 aliphatic heterocycles. The molecular formula is C24H29N5. The molecule has 5 nitrogen and oxygen atoms in total. The number of benzene rings is 2. The number of nitrogens with zero attached hydrogens (tertiary/aromatic N) is 4. The second kappa shape index (κ2) is 7.48. The number of aromatic nitrogens is 3. The van der Waals surface area contributed by atoms with E-state index in [2.05, 4.69) is 86.0 Å². The van der Waals surface area contributed by atoms with E-state index in [1.54, 1.807) is 0 Å². The van der Waals surface area contributed by atoms with Crippen molar-refractivity contribution < 1.29 is 0 Å². The number of aryl methyl sites for hydroxylation is 4. The zero-order chi connectivity index (χ0) is 20.7. The van der Waals surface area contributed by atoms with Crippen molar-refractivity contribution in [3.05, 3.63) is 58.9 Å². The lowest BCUT2D eigenvalue weighted by molar-refractivity contribution is 0.425. The molecular weight excluding hydrogens is 358 g/mol. The highest BCUT2D eigenvalue weighted by atomic mass is 15.1. The van der Waals surface area contributed by atoms with Gasteiger partial charge < -0.3 is 10.2 Å². The van der Waals surface area contributed by atoms with E-state index in [1.807, 2.05) is 6.92 Å². The number of hydrogen-bond acceptors (Lipinski definition) is 4. The van der Waals surface area contributed by atoms with Crippen LogP contribution < -0.4 is 5.32 Å². The SMILES string of the molecule is Cc1cc(C)c(-n2c3ccccc3c3c(NCCN(C)C)nc(C)nc32)c(C)c1. The van der Waals surface area contributed by atoms with E-state index in [-0.39, 0.29) is 0 Å². The molecule has 0 radical (unpaired) electrons. The maximum atomic E-state index is 4.90. The predicted molar refractivity (Wildman–Crippen MR) is 122 cm³/mol. The van der Waals surface area contributed by atoms with Crippen molar-refractivity contribution in [2.45, 2.75) is 27.7 Å². The van der Waals surface area contributed by atoms with Crippen molar-refractivity contribution in [3.63, 3.8) is 0 Å². The average molecular weight is 388 g/mol. The smallest absolute Gasteiger partial charge is 0.151 e. The standard InChI is InChI=1S/C24H29N5/c1-15-13-16(2)22(17(3)14-15)29-20-10-8-7-9-19(20)21-23(25-11-12-28(5)6)26-18(4)27-24(21)29/h7-10,13-14H,11-12H2,1-6H3,(H,25,26,27). The first-order chi connectivity index (χ1) is 13.9. The van der Waals surface area contributed by atoms with Crippen molar-refractivity contribution in [2.24, 2.45) is 0 Å². The Kier molecular flexibility index (Phi) is 5.01. The summed E-state index contributed by atoms with van der Waals surface area (Å²) in [6, 6.07) is 13.0. The fraction of sp³-hybridized carbons (Fsp3) is 0.333. The Morgan fingerprint density at radius 2 is 1.66 bits per heavy atom. The van der Waals surface area contributed by atoms with E-state index >= 15 is 0 Å². The number of nitrogens with one attached hydrogen (secondary N) is 1. The Bertz CT molecular complexity index is 1180.